The smallest absolute Gasteiger partial charge is 0.252 e. The molecule has 5 nitrogen and oxygen atoms in total. The van der Waals surface area contributed by atoms with E-state index in [4.69, 9.17) is 9.26 Å². The fourth-order valence-electron chi connectivity index (χ4n) is 1.88. The number of likely N-dealkylation sites (tertiary alicyclic amines) is 1. The Kier molecular flexibility index (Phi) is 3.33. The van der Waals surface area contributed by atoms with E-state index in [-0.39, 0.29) is 0 Å². The predicted octanol–water partition coefficient (Wildman–Crippen LogP) is 1.03. The summed E-state index contributed by atoms with van der Waals surface area (Å²) in [6.07, 6.45) is 2.23. The van der Waals surface area contributed by atoms with Gasteiger partial charge in [0.05, 0.1) is 0 Å². The highest BCUT2D eigenvalue weighted by Gasteiger charge is 2.22. The Morgan fingerprint density at radius 1 is 1.47 bits per heavy atom. The second-order valence-electron chi connectivity index (χ2n) is 4.06. The van der Waals surface area contributed by atoms with Crippen molar-refractivity contribution in [2.75, 3.05) is 27.2 Å². The number of hydrogen-bond donors (Lipinski definition) is 0. The Labute approximate surface area is 89.4 Å². The lowest BCUT2D eigenvalue weighted by Gasteiger charge is -2.26. The number of rotatable bonds is 3. The maximum absolute atomic E-state index is 5.09. The normalized spacial score (nSPS) is 19.6. The Hall–Kier alpha value is -0.940. The third-order valence-electron chi connectivity index (χ3n) is 2.84. The van der Waals surface area contributed by atoms with E-state index in [0.717, 1.165) is 31.8 Å². The summed E-state index contributed by atoms with van der Waals surface area (Å²) in [5, 5.41) is 4.00. The summed E-state index contributed by atoms with van der Waals surface area (Å²) < 4.78 is 10.0. The standard InChI is InChI=1S/C10H17N3O2/c1-13-5-3-8(4-6-13)10-11-9(7-14-2)15-12-10/h8H,3-7H2,1-2H3. The SMILES string of the molecule is COCc1nc(C2CCN(C)CC2)no1. The van der Waals surface area contributed by atoms with E-state index >= 15 is 0 Å². The first kappa shape index (κ1) is 10.6. The second kappa shape index (κ2) is 4.72. The molecule has 1 aliphatic rings. The zero-order valence-corrected chi connectivity index (χ0v) is 9.27. The fourth-order valence-corrected chi connectivity index (χ4v) is 1.88. The van der Waals surface area contributed by atoms with Gasteiger partial charge in [0.1, 0.15) is 6.61 Å². The van der Waals surface area contributed by atoms with Crippen molar-refractivity contribution in [1.82, 2.24) is 15.0 Å². The van der Waals surface area contributed by atoms with Crippen molar-refractivity contribution in [2.45, 2.75) is 25.4 Å². The van der Waals surface area contributed by atoms with Crippen LogP contribution in [0, 0.1) is 0 Å². The van der Waals surface area contributed by atoms with Crippen molar-refractivity contribution >= 4 is 0 Å². The monoisotopic (exact) mass is 211 g/mol. The number of nitrogens with zero attached hydrogens (tertiary/aromatic N) is 3. The van der Waals surface area contributed by atoms with Crippen LogP contribution < -0.4 is 0 Å². The highest BCUT2D eigenvalue weighted by Crippen LogP contribution is 2.25. The first-order valence-corrected chi connectivity index (χ1v) is 5.29. The maximum atomic E-state index is 5.09. The molecule has 1 saturated heterocycles. The number of hydrogen-bond acceptors (Lipinski definition) is 5. The minimum atomic E-state index is 0.402. The van der Waals surface area contributed by atoms with Gasteiger partial charge in [-0.1, -0.05) is 5.16 Å². The largest absolute Gasteiger partial charge is 0.375 e. The second-order valence-corrected chi connectivity index (χ2v) is 4.06. The van der Waals surface area contributed by atoms with E-state index in [2.05, 4.69) is 22.1 Å². The van der Waals surface area contributed by atoms with Gasteiger partial charge in [-0.2, -0.15) is 4.98 Å². The topological polar surface area (TPSA) is 51.4 Å². The molecule has 0 saturated carbocycles. The quantitative estimate of drug-likeness (QED) is 0.747. The highest BCUT2D eigenvalue weighted by molar-refractivity contribution is 4.97. The van der Waals surface area contributed by atoms with Gasteiger partial charge in [0.25, 0.3) is 5.89 Å². The minimum absolute atomic E-state index is 0.402. The van der Waals surface area contributed by atoms with Gasteiger partial charge in [-0.25, -0.2) is 0 Å². The van der Waals surface area contributed by atoms with Crippen molar-refractivity contribution in [2.24, 2.45) is 0 Å². The van der Waals surface area contributed by atoms with E-state index in [0.29, 0.717) is 18.4 Å². The lowest BCUT2D eigenvalue weighted by Crippen LogP contribution is -2.29. The number of methoxy groups -OCH3 is 1. The summed E-state index contributed by atoms with van der Waals surface area (Å²) in [6.45, 7) is 2.62. The van der Waals surface area contributed by atoms with Crippen LogP contribution in [0.25, 0.3) is 0 Å². The van der Waals surface area contributed by atoms with Crippen LogP contribution in [0.4, 0.5) is 0 Å². The Morgan fingerprint density at radius 3 is 2.87 bits per heavy atom. The van der Waals surface area contributed by atoms with Gasteiger partial charge in [0.15, 0.2) is 5.82 Å². The zero-order chi connectivity index (χ0) is 10.7. The molecule has 15 heavy (non-hydrogen) atoms. The molecule has 0 atom stereocenters. The van der Waals surface area contributed by atoms with Gasteiger partial charge in [0, 0.05) is 13.0 Å². The van der Waals surface area contributed by atoms with Crippen LogP contribution in [0.3, 0.4) is 0 Å². The molecular formula is C10H17N3O2. The van der Waals surface area contributed by atoms with Gasteiger partial charge in [0.2, 0.25) is 0 Å². The summed E-state index contributed by atoms with van der Waals surface area (Å²) in [6, 6.07) is 0. The molecule has 0 N–H and O–H groups in total. The van der Waals surface area contributed by atoms with Crippen LogP contribution >= 0.6 is 0 Å². The number of ether oxygens (including phenoxy) is 1. The van der Waals surface area contributed by atoms with Gasteiger partial charge >= 0.3 is 0 Å². The molecule has 84 valence electrons. The molecule has 0 aromatic carbocycles. The van der Waals surface area contributed by atoms with Crippen molar-refractivity contribution in [3.05, 3.63) is 11.7 Å². The molecule has 0 aliphatic carbocycles. The van der Waals surface area contributed by atoms with Crippen LogP contribution in [0.5, 0.6) is 0 Å². The first-order chi connectivity index (χ1) is 7.29. The first-order valence-electron chi connectivity index (χ1n) is 5.29. The van der Waals surface area contributed by atoms with Gasteiger partial charge in [-0.3, -0.25) is 0 Å². The third kappa shape index (κ3) is 2.54. The molecule has 1 aromatic rings. The van der Waals surface area contributed by atoms with Crippen LogP contribution in [0.15, 0.2) is 4.52 Å². The molecular weight excluding hydrogens is 194 g/mol. The third-order valence-corrected chi connectivity index (χ3v) is 2.84. The molecule has 2 heterocycles. The van der Waals surface area contributed by atoms with E-state index in [1.165, 1.54) is 0 Å². The van der Waals surface area contributed by atoms with Crippen LogP contribution in [0.2, 0.25) is 0 Å². The Morgan fingerprint density at radius 2 is 2.20 bits per heavy atom. The molecule has 1 aromatic heterocycles. The molecule has 0 spiro atoms. The van der Waals surface area contributed by atoms with E-state index in [9.17, 15) is 0 Å². The van der Waals surface area contributed by atoms with E-state index < -0.39 is 0 Å². The van der Waals surface area contributed by atoms with Crippen molar-refractivity contribution in [1.29, 1.82) is 0 Å². The zero-order valence-electron chi connectivity index (χ0n) is 9.27. The van der Waals surface area contributed by atoms with E-state index in [1.807, 2.05) is 0 Å². The molecule has 2 rings (SSSR count). The lowest BCUT2D eigenvalue weighted by molar-refractivity contribution is 0.151. The number of piperidine rings is 1. The van der Waals surface area contributed by atoms with Crippen LogP contribution in [0.1, 0.15) is 30.5 Å². The maximum Gasteiger partial charge on any atom is 0.252 e. The molecule has 0 radical (unpaired) electrons. The van der Waals surface area contributed by atoms with Crippen molar-refractivity contribution in [3.63, 3.8) is 0 Å². The molecule has 1 fully saturated rings. The molecule has 0 amide bonds. The van der Waals surface area contributed by atoms with Crippen LogP contribution in [-0.4, -0.2) is 42.3 Å². The van der Waals surface area contributed by atoms with Crippen LogP contribution in [-0.2, 0) is 11.3 Å². The fraction of sp³-hybridized carbons (Fsp3) is 0.800. The molecule has 0 bridgehead atoms. The lowest BCUT2D eigenvalue weighted by atomic mass is 9.97. The molecule has 1 aliphatic heterocycles. The highest BCUT2D eigenvalue weighted by atomic mass is 16.5. The average Bonchev–Trinajstić information content (AvgIpc) is 2.68. The Bertz CT molecular complexity index is 305. The average molecular weight is 211 g/mol. The number of aromatic nitrogens is 2. The summed E-state index contributed by atoms with van der Waals surface area (Å²) >= 11 is 0. The Balaban J connectivity index is 1.96. The van der Waals surface area contributed by atoms with Gasteiger partial charge < -0.3 is 14.2 Å². The predicted molar refractivity (Wildman–Crippen MR) is 54.5 cm³/mol. The van der Waals surface area contributed by atoms with E-state index in [1.54, 1.807) is 7.11 Å². The molecule has 5 heteroatoms. The van der Waals surface area contributed by atoms with Gasteiger partial charge in [-0.15, -0.1) is 0 Å². The van der Waals surface area contributed by atoms with Crippen molar-refractivity contribution < 1.29 is 9.26 Å². The summed E-state index contributed by atoms with van der Waals surface area (Å²) in [4.78, 5) is 6.65. The molecule has 0 unspecified atom stereocenters. The van der Waals surface area contributed by atoms with Crippen molar-refractivity contribution in [3.8, 4) is 0 Å². The van der Waals surface area contributed by atoms with Gasteiger partial charge in [-0.05, 0) is 33.0 Å². The summed E-state index contributed by atoms with van der Waals surface area (Å²) in [7, 11) is 3.77. The summed E-state index contributed by atoms with van der Waals surface area (Å²) in [5.74, 6) is 1.87. The minimum Gasteiger partial charge on any atom is -0.375 e. The summed E-state index contributed by atoms with van der Waals surface area (Å²) in [5.41, 5.74) is 0.